The SMILES string of the molecule is O=C(NCc1ccc([C@H]2O[C@@H](CN3CCC[C@H]3CO)C[C@@H](c3ccc(CO)cc3)O2)cc1)[C@@H]1CCCN1C(=O)C(F)(F)F. The first-order valence-electron chi connectivity index (χ1n) is 14.8. The van der Waals surface area contributed by atoms with Gasteiger partial charge in [0.15, 0.2) is 6.29 Å². The van der Waals surface area contributed by atoms with E-state index in [4.69, 9.17) is 9.47 Å². The molecule has 3 heterocycles. The first-order chi connectivity index (χ1) is 20.7. The van der Waals surface area contributed by atoms with Crippen molar-refractivity contribution in [3.05, 3.63) is 70.8 Å². The van der Waals surface area contributed by atoms with Gasteiger partial charge in [-0.1, -0.05) is 48.5 Å². The molecule has 2 aromatic carbocycles. The van der Waals surface area contributed by atoms with Crippen LogP contribution in [0.5, 0.6) is 0 Å². The van der Waals surface area contributed by atoms with Crippen LogP contribution in [0, 0.1) is 0 Å². The maximum Gasteiger partial charge on any atom is 0.471 e. The van der Waals surface area contributed by atoms with Crippen LogP contribution >= 0.6 is 0 Å². The monoisotopic (exact) mass is 605 g/mol. The summed E-state index contributed by atoms with van der Waals surface area (Å²) < 4.78 is 51.6. The Kier molecular flexibility index (Phi) is 10.0. The number of hydrogen-bond acceptors (Lipinski definition) is 7. The van der Waals surface area contributed by atoms with Crippen molar-refractivity contribution in [3.8, 4) is 0 Å². The van der Waals surface area contributed by atoms with Crippen molar-refractivity contribution in [3.63, 3.8) is 0 Å². The zero-order chi connectivity index (χ0) is 30.6. The Morgan fingerprint density at radius 3 is 2.26 bits per heavy atom. The largest absolute Gasteiger partial charge is 0.471 e. The van der Waals surface area contributed by atoms with E-state index in [1.54, 1.807) is 12.1 Å². The molecule has 0 spiro atoms. The highest BCUT2D eigenvalue weighted by Gasteiger charge is 2.47. The molecule has 12 heteroatoms. The summed E-state index contributed by atoms with van der Waals surface area (Å²) in [6.45, 7) is 1.61. The van der Waals surface area contributed by atoms with Gasteiger partial charge in [-0.2, -0.15) is 13.2 Å². The van der Waals surface area contributed by atoms with Crippen LogP contribution in [-0.4, -0.2) is 82.4 Å². The first-order valence-corrected chi connectivity index (χ1v) is 14.8. The van der Waals surface area contributed by atoms with E-state index >= 15 is 0 Å². The number of aliphatic hydroxyl groups excluding tert-OH is 2. The molecule has 5 atom stereocenters. The fourth-order valence-corrected chi connectivity index (χ4v) is 6.18. The number of halogens is 3. The third-order valence-corrected chi connectivity index (χ3v) is 8.54. The third-order valence-electron chi connectivity index (χ3n) is 8.54. The number of carbonyl (C=O) groups is 2. The molecular formula is C31H38F3N3O6. The molecule has 2 aromatic rings. The quantitative estimate of drug-likeness (QED) is 0.402. The molecule has 0 aromatic heterocycles. The molecule has 2 amide bonds. The van der Waals surface area contributed by atoms with E-state index in [0.29, 0.717) is 24.3 Å². The number of alkyl halides is 3. The van der Waals surface area contributed by atoms with Crippen molar-refractivity contribution >= 4 is 11.8 Å². The summed E-state index contributed by atoms with van der Waals surface area (Å²) >= 11 is 0. The zero-order valence-corrected chi connectivity index (χ0v) is 23.8. The number of amides is 2. The molecule has 0 radical (unpaired) electrons. The van der Waals surface area contributed by atoms with Gasteiger partial charge in [0, 0.05) is 37.7 Å². The lowest BCUT2D eigenvalue weighted by Gasteiger charge is -2.38. The molecule has 3 fully saturated rings. The summed E-state index contributed by atoms with van der Waals surface area (Å²) in [7, 11) is 0. The van der Waals surface area contributed by atoms with E-state index in [0.717, 1.165) is 41.6 Å². The Balaban J connectivity index is 1.24. The van der Waals surface area contributed by atoms with Crippen LogP contribution in [0.2, 0.25) is 0 Å². The zero-order valence-electron chi connectivity index (χ0n) is 23.8. The minimum atomic E-state index is -5.02. The number of nitrogens with zero attached hydrogens (tertiary/aromatic N) is 2. The average molecular weight is 606 g/mol. The molecule has 43 heavy (non-hydrogen) atoms. The van der Waals surface area contributed by atoms with Crippen LogP contribution in [0.1, 0.15) is 66.8 Å². The number of hydrogen-bond donors (Lipinski definition) is 3. The van der Waals surface area contributed by atoms with Gasteiger partial charge in [0.25, 0.3) is 0 Å². The number of aliphatic hydroxyl groups is 2. The molecule has 5 rings (SSSR count). The average Bonchev–Trinajstić information content (AvgIpc) is 3.69. The fourth-order valence-electron chi connectivity index (χ4n) is 6.18. The second-order valence-electron chi connectivity index (χ2n) is 11.4. The Hall–Kier alpha value is -3.03. The Labute approximate surface area is 248 Å². The van der Waals surface area contributed by atoms with Gasteiger partial charge in [-0.05, 0) is 48.9 Å². The van der Waals surface area contributed by atoms with Gasteiger partial charge >= 0.3 is 12.1 Å². The molecule has 0 unspecified atom stereocenters. The number of benzene rings is 2. The van der Waals surface area contributed by atoms with Gasteiger partial charge in [0.2, 0.25) is 5.91 Å². The molecule has 3 N–H and O–H groups in total. The van der Waals surface area contributed by atoms with E-state index < -0.39 is 30.3 Å². The summed E-state index contributed by atoms with van der Waals surface area (Å²) in [5, 5.41) is 21.9. The van der Waals surface area contributed by atoms with Gasteiger partial charge < -0.3 is 29.9 Å². The number of carbonyl (C=O) groups excluding carboxylic acids is 2. The molecule has 0 bridgehead atoms. The predicted molar refractivity (Wildman–Crippen MR) is 149 cm³/mol. The maximum absolute atomic E-state index is 12.9. The number of ether oxygens (including phenoxy) is 2. The summed E-state index contributed by atoms with van der Waals surface area (Å²) in [5.41, 5.74) is 3.28. The summed E-state index contributed by atoms with van der Waals surface area (Å²) in [6, 6.07) is 13.9. The lowest BCUT2D eigenvalue weighted by molar-refractivity contribution is -0.253. The van der Waals surface area contributed by atoms with Crippen molar-refractivity contribution in [2.24, 2.45) is 0 Å². The second kappa shape index (κ2) is 13.7. The van der Waals surface area contributed by atoms with Crippen LogP contribution in [-0.2, 0) is 32.2 Å². The molecular weight excluding hydrogens is 567 g/mol. The minimum absolute atomic E-state index is 0.0466. The Morgan fingerprint density at radius 1 is 0.907 bits per heavy atom. The van der Waals surface area contributed by atoms with E-state index in [-0.39, 0.29) is 51.0 Å². The molecule has 3 saturated heterocycles. The summed E-state index contributed by atoms with van der Waals surface area (Å²) in [5.74, 6) is -2.60. The highest BCUT2D eigenvalue weighted by Crippen LogP contribution is 2.39. The number of likely N-dealkylation sites (tertiary alicyclic amines) is 2. The molecule has 234 valence electrons. The highest BCUT2D eigenvalue weighted by atomic mass is 19.4. The van der Waals surface area contributed by atoms with E-state index in [9.17, 15) is 33.0 Å². The van der Waals surface area contributed by atoms with Gasteiger partial charge in [-0.15, -0.1) is 0 Å². The maximum atomic E-state index is 12.9. The summed E-state index contributed by atoms with van der Waals surface area (Å²) in [4.78, 5) is 27.2. The lowest BCUT2D eigenvalue weighted by Crippen LogP contribution is -2.50. The highest BCUT2D eigenvalue weighted by molar-refractivity contribution is 5.90. The molecule has 3 aliphatic heterocycles. The third kappa shape index (κ3) is 7.55. The second-order valence-corrected chi connectivity index (χ2v) is 11.4. The van der Waals surface area contributed by atoms with E-state index in [1.807, 2.05) is 36.4 Å². The van der Waals surface area contributed by atoms with Crippen molar-refractivity contribution in [1.82, 2.24) is 15.1 Å². The normalized spacial score (nSPS) is 26.5. The topological polar surface area (TPSA) is 112 Å². The van der Waals surface area contributed by atoms with Crippen molar-refractivity contribution in [2.75, 3.05) is 26.2 Å². The molecule has 3 aliphatic rings. The fraction of sp³-hybridized carbons (Fsp3) is 0.548. The number of rotatable bonds is 9. The van der Waals surface area contributed by atoms with E-state index in [1.165, 1.54) is 0 Å². The van der Waals surface area contributed by atoms with E-state index in [2.05, 4.69) is 10.2 Å². The minimum Gasteiger partial charge on any atom is -0.395 e. The smallest absolute Gasteiger partial charge is 0.395 e. The van der Waals surface area contributed by atoms with Gasteiger partial charge in [0.1, 0.15) is 6.04 Å². The van der Waals surface area contributed by atoms with Crippen molar-refractivity contribution < 1.29 is 42.4 Å². The Morgan fingerprint density at radius 2 is 1.58 bits per heavy atom. The van der Waals surface area contributed by atoms with Crippen LogP contribution in [0.25, 0.3) is 0 Å². The van der Waals surface area contributed by atoms with Crippen LogP contribution in [0.4, 0.5) is 13.2 Å². The molecule has 9 nitrogen and oxygen atoms in total. The Bertz CT molecular complexity index is 1240. The van der Waals surface area contributed by atoms with Crippen molar-refractivity contribution in [2.45, 2.75) is 82.0 Å². The molecule has 0 aliphatic carbocycles. The number of nitrogens with one attached hydrogen (secondary N) is 1. The predicted octanol–water partition coefficient (Wildman–Crippen LogP) is 3.35. The van der Waals surface area contributed by atoms with Crippen LogP contribution < -0.4 is 5.32 Å². The lowest BCUT2D eigenvalue weighted by atomic mass is 9.99. The standard InChI is InChI=1S/C31H38F3N3O6/c32-31(33,34)30(41)37-14-2-4-26(37)28(40)35-16-20-5-11-23(12-6-20)29-42-25(17-36-13-1-3-24(36)19-39)15-27(43-29)22-9-7-21(18-38)8-10-22/h5-12,24-27,29,38-39H,1-4,13-19H2,(H,35,40)/t24-,25+,26-,27-,29-/m0/s1. The van der Waals surface area contributed by atoms with Crippen LogP contribution in [0.15, 0.2) is 48.5 Å². The molecule has 0 saturated carbocycles. The van der Waals surface area contributed by atoms with Gasteiger partial charge in [-0.3, -0.25) is 14.5 Å². The first kappa shape index (κ1) is 31.4. The van der Waals surface area contributed by atoms with Crippen molar-refractivity contribution in [1.29, 1.82) is 0 Å². The van der Waals surface area contributed by atoms with Gasteiger partial charge in [0.05, 0.1) is 25.4 Å². The summed E-state index contributed by atoms with van der Waals surface area (Å²) in [6.07, 6.45) is -2.96. The van der Waals surface area contributed by atoms with Crippen LogP contribution in [0.3, 0.4) is 0 Å². The van der Waals surface area contributed by atoms with Gasteiger partial charge in [-0.25, -0.2) is 0 Å².